The third-order valence-electron chi connectivity index (χ3n) is 1.86. The lowest BCUT2D eigenvalue weighted by Crippen LogP contribution is -2.11. The predicted molar refractivity (Wildman–Crippen MR) is 63.5 cm³/mol. The Morgan fingerprint density at radius 3 is 2.71 bits per heavy atom. The number of halogens is 2. The van der Waals surface area contributed by atoms with E-state index < -0.39 is 0 Å². The molecule has 0 amide bonds. The number of Topliss-reactive ketones (excluding diaryl/α,β-unsaturated/α-hetero) is 1. The van der Waals surface area contributed by atoms with E-state index in [1.54, 1.807) is 19.1 Å². The summed E-state index contributed by atoms with van der Waals surface area (Å²) in [5, 5.41) is 9.80. The number of ketones is 1. The molecule has 0 aliphatic rings. The van der Waals surface area contributed by atoms with Crippen LogP contribution in [0.15, 0.2) is 18.2 Å². The molecule has 2 nitrogen and oxygen atoms in total. The zero-order valence-electron chi connectivity index (χ0n) is 7.63. The van der Waals surface area contributed by atoms with Crippen LogP contribution in [-0.2, 0) is 5.33 Å². The van der Waals surface area contributed by atoms with Crippen LogP contribution in [-0.4, -0.2) is 15.7 Å². The zero-order chi connectivity index (χ0) is 10.7. The second-order valence-electron chi connectivity index (χ2n) is 2.96. The fourth-order valence-corrected chi connectivity index (χ4v) is 1.86. The van der Waals surface area contributed by atoms with Gasteiger partial charge in [0, 0.05) is 10.9 Å². The molecule has 0 radical (unpaired) electrons. The molecule has 0 aromatic heterocycles. The van der Waals surface area contributed by atoms with Gasteiger partial charge in [0.25, 0.3) is 0 Å². The van der Waals surface area contributed by atoms with Crippen LogP contribution in [0.2, 0.25) is 0 Å². The summed E-state index contributed by atoms with van der Waals surface area (Å²) >= 11 is 6.51. The molecule has 1 aromatic carbocycles. The molecule has 0 aliphatic carbocycles. The van der Waals surface area contributed by atoms with E-state index in [4.69, 9.17) is 0 Å². The van der Waals surface area contributed by atoms with E-state index in [0.717, 1.165) is 5.56 Å². The standard InChI is InChI=1S/C10H10Br2O2/c1-6(12)10(14)9-3-2-8(13)4-7(9)5-11/h2-4,6,13H,5H2,1H3. The maximum absolute atomic E-state index is 11.7. The minimum absolute atomic E-state index is 0.0273. The second kappa shape index (κ2) is 4.94. The van der Waals surface area contributed by atoms with E-state index >= 15 is 0 Å². The fraction of sp³-hybridized carbons (Fsp3) is 0.300. The summed E-state index contributed by atoms with van der Waals surface area (Å²) in [7, 11) is 0. The third-order valence-corrected chi connectivity index (χ3v) is 2.88. The Labute approximate surface area is 99.6 Å². The molecule has 1 rings (SSSR count). The van der Waals surface area contributed by atoms with Gasteiger partial charge >= 0.3 is 0 Å². The highest BCUT2D eigenvalue weighted by atomic mass is 79.9. The van der Waals surface area contributed by atoms with Gasteiger partial charge in [0.1, 0.15) is 5.75 Å². The summed E-state index contributed by atoms with van der Waals surface area (Å²) in [6.07, 6.45) is 0. The molecule has 76 valence electrons. The molecule has 1 unspecified atom stereocenters. The van der Waals surface area contributed by atoms with Crippen molar-refractivity contribution in [3.63, 3.8) is 0 Å². The first-order valence-electron chi connectivity index (χ1n) is 4.12. The Hall–Kier alpha value is -0.350. The van der Waals surface area contributed by atoms with Crippen molar-refractivity contribution >= 4 is 37.6 Å². The van der Waals surface area contributed by atoms with Crippen LogP contribution in [0.3, 0.4) is 0 Å². The van der Waals surface area contributed by atoms with Gasteiger partial charge in [0.05, 0.1) is 4.83 Å². The highest BCUT2D eigenvalue weighted by Gasteiger charge is 2.15. The van der Waals surface area contributed by atoms with Gasteiger partial charge in [-0.1, -0.05) is 31.9 Å². The summed E-state index contributed by atoms with van der Waals surface area (Å²) in [5.74, 6) is 0.206. The van der Waals surface area contributed by atoms with E-state index in [-0.39, 0.29) is 16.4 Å². The Kier molecular flexibility index (Phi) is 4.13. The number of hydrogen-bond acceptors (Lipinski definition) is 2. The zero-order valence-corrected chi connectivity index (χ0v) is 10.8. The smallest absolute Gasteiger partial charge is 0.176 e. The first-order valence-corrected chi connectivity index (χ1v) is 6.16. The van der Waals surface area contributed by atoms with Crippen molar-refractivity contribution < 1.29 is 9.90 Å². The molecule has 0 saturated carbocycles. The van der Waals surface area contributed by atoms with E-state index in [2.05, 4.69) is 31.9 Å². The molecule has 0 heterocycles. The average Bonchev–Trinajstić information content (AvgIpc) is 2.16. The molecule has 1 atom stereocenters. The van der Waals surface area contributed by atoms with Crippen molar-refractivity contribution in [2.75, 3.05) is 0 Å². The third kappa shape index (κ3) is 2.58. The fourth-order valence-electron chi connectivity index (χ4n) is 1.15. The number of aromatic hydroxyl groups is 1. The number of alkyl halides is 2. The van der Waals surface area contributed by atoms with Gasteiger partial charge in [-0.05, 0) is 30.7 Å². The normalized spacial score (nSPS) is 12.5. The summed E-state index contributed by atoms with van der Waals surface area (Å²) in [6, 6.07) is 4.76. The number of carbonyl (C=O) groups excluding carboxylic acids is 1. The molecule has 0 saturated heterocycles. The first kappa shape index (κ1) is 11.7. The molecule has 1 N–H and O–H groups in total. The highest BCUT2D eigenvalue weighted by molar-refractivity contribution is 9.10. The number of carbonyl (C=O) groups is 1. The Balaban J connectivity index is 3.14. The SMILES string of the molecule is CC(Br)C(=O)c1ccc(O)cc1CBr. The van der Waals surface area contributed by atoms with E-state index in [1.807, 2.05) is 0 Å². The van der Waals surface area contributed by atoms with Crippen molar-refractivity contribution in [3.05, 3.63) is 29.3 Å². The van der Waals surface area contributed by atoms with Crippen LogP contribution in [0.25, 0.3) is 0 Å². The second-order valence-corrected chi connectivity index (χ2v) is 4.89. The predicted octanol–water partition coefficient (Wildman–Crippen LogP) is 3.25. The number of phenolic OH excluding ortho intramolecular Hbond substituents is 1. The minimum Gasteiger partial charge on any atom is -0.508 e. The molecule has 0 fully saturated rings. The number of hydrogen-bond donors (Lipinski definition) is 1. The molecular formula is C10H10Br2O2. The van der Waals surface area contributed by atoms with E-state index in [9.17, 15) is 9.90 Å². The van der Waals surface area contributed by atoms with Crippen LogP contribution < -0.4 is 0 Å². The van der Waals surface area contributed by atoms with Crippen molar-refractivity contribution in [2.45, 2.75) is 17.1 Å². The van der Waals surface area contributed by atoms with Gasteiger partial charge in [-0.25, -0.2) is 0 Å². The van der Waals surface area contributed by atoms with Gasteiger partial charge in [-0.2, -0.15) is 0 Å². The van der Waals surface area contributed by atoms with Gasteiger partial charge in [0.15, 0.2) is 5.78 Å². The Morgan fingerprint density at radius 1 is 1.57 bits per heavy atom. The van der Waals surface area contributed by atoms with Crippen LogP contribution in [0.1, 0.15) is 22.8 Å². The molecule has 0 spiro atoms. The summed E-state index contributed by atoms with van der Waals surface area (Å²) in [4.78, 5) is 11.5. The first-order chi connectivity index (χ1) is 6.56. The van der Waals surface area contributed by atoms with Crippen molar-refractivity contribution in [2.24, 2.45) is 0 Å². The quantitative estimate of drug-likeness (QED) is 0.685. The minimum atomic E-state index is -0.204. The van der Waals surface area contributed by atoms with Gasteiger partial charge in [-0.3, -0.25) is 4.79 Å². The van der Waals surface area contributed by atoms with Crippen LogP contribution in [0.4, 0.5) is 0 Å². The van der Waals surface area contributed by atoms with Crippen molar-refractivity contribution in [1.29, 1.82) is 0 Å². The van der Waals surface area contributed by atoms with Gasteiger partial charge < -0.3 is 5.11 Å². The van der Waals surface area contributed by atoms with Crippen molar-refractivity contribution in [3.8, 4) is 5.75 Å². The average molecular weight is 322 g/mol. The highest BCUT2D eigenvalue weighted by Crippen LogP contribution is 2.21. The summed E-state index contributed by atoms with van der Waals surface area (Å²) in [6.45, 7) is 1.78. The molecule has 0 bridgehead atoms. The Morgan fingerprint density at radius 2 is 2.21 bits per heavy atom. The van der Waals surface area contributed by atoms with Gasteiger partial charge in [-0.15, -0.1) is 0 Å². The Bertz CT molecular complexity index is 348. The lowest BCUT2D eigenvalue weighted by Gasteiger charge is -2.08. The van der Waals surface area contributed by atoms with Crippen LogP contribution >= 0.6 is 31.9 Å². The lowest BCUT2D eigenvalue weighted by molar-refractivity contribution is 0.0995. The molecule has 1 aromatic rings. The maximum Gasteiger partial charge on any atom is 0.176 e. The monoisotopic (exact) mass is 320 g/mol. The van der Waals surface area contributed by atoms with E-state index in [1.165, 1.54) is 6.07 Å². The molecular weight excluding hydrogens is 312 g/mol. The topological polar surface area (TPSA) is 37.3 Å². The summed E-state index contributed by atoms with van der Waals surface area (Å²) in [5.41, 5.74) is 1.45. The van der Waals surface area contributed by atoms with Gasteiger partial charge in [0.2, 0.25) is 0 Å². The largest absolute Gasteiger partial charge is 0.508 e. The van der Waals surface area contributed by atoms with Crippen molar-refractivity contribution in [1.82, 2.24) is 0 Å². The molecule has 4 heteroatoms. The van der Waals surface area contributed by atoms with Crippen LogP contribution in [0.5, 0.6) is 5.75 Å². The number of phenols is 1. The molecule has 14 heavy (non-hydrogen) atoms. The van der Waals surface area contributed by atoms with E-state index in [0.29, 0.717) is 10.9 Å². The number of rotatable bonds is 3. The van der Waals surface area contributed by atoms with Crippen LogP contribution in [0, 0.1) is 0 Å². The maximum atomic E-state index is 11.7. The number of benzene rings is 1. The summed E-state index contributed by atoms with van der Waals surface area (Å²) < 4.78 is 0. The molecule has 0 aliphatic heterocycles. The lowest BCUT2D eigenvalue weighted by atomic mass is 10.0.